The van der Waals surface area contributed by atoms with Gasteiger partial charge in [0.15, 0.2) is 0 Å². The molecule has 4 aromatic rings. The first-order valence-corrected chi connectivity index (χ1v) is 11.5. The van der Waals surface area contributed by atoms with Crippen LogP contribution in [-0.2, 0) is 4.74 Å². The van der Waals surface area contributed by atoms with Gasteiger partial charge < -0.3 is 14.5 Å². The molecule has 0 atom stereocenters. The highest BCUT2D eigenvalue weighted by Gasteiger charge is 2.27. The maximum absolute atomic E-state index is 12.4. The summed E-state index contributed by atoms with van der Waals surface area (Å²) in [5, 5.41) is 1.04. The second-order valence-electron chi connectivity index (χ2n) is 8.85. The number of hydrogen-bond acceptors (Lipinski definition) is 7. The van der Waals surface area contributed by atoms with E-state index >= 15 is 0 Å². The van der Waals surface area contributed by atoms with Gasteiger partial charge in [0, 0.05) is 37.1 Å². The van der Waals surface area contributed by atoms with Crippen molar-refractivity contribution in [1.29, 1.82) is 0 Å². The molecule has 0 unspecified atom stereocenters. The highest BCUT2D eigenvalue weighted by Crippen LogP contribution is 2.37. The topological polar surface area (TPSA) is 71.5 Å². The second-order valence-corrected chi connectivity index (χ2v) is 9.85. The Bertz CT molecular complexity index is 1270. The summed E-state index contributed by atoms with van der Waals surface area (Å²) in [5.74, 6) is 0.906. The quantitative estimate of drug-likeness (QED) is 0.432. The lowest BCUT2D eigenvalue weighted by Gasteiger charge is -2.36. The highest BCUT2D eigenvalue weighted by atomic mass is 32.1. The van der Waals surface area contributed by atoms with E-state index in [4.69, 9.17) is 9.72 Å². The van der Waals surface area contributed by atoms with Crippen molar-refractivity contribution < 1.29 is 9.53 Å². The molecule has 1 amide bonds. The zero-order chi connectivity index (χ0) is 22.3. The largest absolute Gasteiger partial charge is 0.444 e. The summed E-state index contributed by atoms with van der Waals surface area (Å²) in [6.45, 7) is 8.25. The summed E-state index contributed by atoms with van der Waals surface area (Å²) in [4.78, 5) is 31.4. The Kier molecular flexibility index (Phi) is 5.17. The van der Waals surface area contributed by atoms with Crippen LogP contribution in [0.25, 0.3) is 31.7 Å². The van der Waals surface area contributed by atoms with Gasteiger partial charge in [-0.3, -0.25) is 0 Å². The molecule has 0 aliphatic carbocycles. The smallest absolute Gasteiger partial charge is 0.410 e. The molecule has 164 valence electrons. The zero-order valence-electron chi connectivity index (χ0n) is 18.4. The minimum Gasteiger partial charge on any atom is -0.444 e. The molecular formula is C24H25N5O2S. The van der Waals surface area contributed by atoms with E-state index in [1.165, 1.54) is 0 Å². The van der Waals surface area contributed by atoms with Gasteiger partial charge in [0.1, 0.15) is 22.6 Å². The molecule has 0 radical (unpaired) electrons. The SMILES string of the molecule is CC(C)(C)OC(=O)N1CCN(c2ncnc3c2sc2nc(-c4ccccc4)ccc23)CC1. The minimum absolute atomic E-state index is 0.260. The van der Waals surface area contributed by atoms with Crippen LogP contribution in [0.15, 0.2) is 48.8 Å². The molecule has 0 spiro atoms. The molecular weight excluding hydrogens is 422 g/mol. The average Bonchev–Trinajstić information content (AvgIpc) is 3.16. The van der Waals surface area contributed by atoms with Gasteiger partial charge in [-0.2, -0.15) is 0 Å². The maximum Gasteiger partial charge on any atom is 0.410 e. The number of benzene rings is 1. The van der Waals surface area contributed by atoms with Gasteiger partial charge >= 0.3 is 6.09 Å². The van der Waals surface area contributed by atoms with Crippen LogP contribution in [0.2, 0.25) is 0 Å². The number of aromatic nitrogens is 3. The molecule has 1 saturated heterocycles. The third kappa shape index (κ3) is 3.98. The molecule has 1 aliphatic rings. The number of hydrogen-bond donors (Lipinski definition) is 0. The number of thiophene rings is 1. The Labute approximate surface area is 190 Å². The fourth-order valence-electron chi connectivity index (χ4n) is 3.87. The van der Waals surface area contributed by atoms with Crippen LogP contribution in [0.1, 0.15) is 20.8 Å². The molecule has 8 heteroatoms. The van der Waals surface area contributed by atoms with Gasteiger partial charge in [-0.05, 0) is 32.9 Å². The van der Waals surface area contributed by atoms with Gasteiger partial charge in [-0.1, -0.05) is 30.3 Å². The first-order valence-electron chi connectivity index (χ1n) is 10.7. The summed E-state index contributed by atoms with van der Waals surface area (Å²) < 4.78 is 6.55. The van der Waals surface area contributed by atoms with Crippen LogP contribution in [0.3, 0.4) is 0 Å². The van der Waals surface area contributed by atoms with E-state index in [2.05, 4.69) is 33.1 Å². The summed E-state index contributed by atoms with van der Waals surface area (Å²) in [7, 11) is 0. The van der Waals surface area contributed by atoms with Crippen molar-refractivity contribution in [2.45, 2.75) is 26.4 Å². The van der Waals surface area contributed by atoms with Crippen LogP contribution >= 0.6 is 11.3 Å². The number of amides is 1. The van der Waals surface area contributed by atoms with Crippen molar-refractivity contribution in [3.05, 3.63) is 48.8 Å². The molecule has 0 bridgehead atoms. The van der Waals surface area contributed by atoms with E-state index in [-0.39, 0.29) is 6.09 Å². The number of piperazine rings is 1. The molecule has 32 heavy (non-hydrogen) atoms. The standard InChI is InChI=1S/C24H25N5O2S/c1-24(2,3)31-23(30)29-13-11-28(12-14-29)21-20-19(25-15-26-21)17-9-10-18(27-22(17)32-20)16-7-5-4-6-8-16/h4-10,15H,11-14H2,1-3H3. The number of ether oxygens (including phenoxy) is 1. The van der Waals surface area contributed by atoms with E-state index in [0.717, 1.165) is 37.5 Å². The van der Waals surface area contributed by atoms with E-state index < -0.39 is 5.60 Å². The summed E-state index contributed by atoms with van der Waals surface area (Å²) in [6, 6.07) is 14.3. The van der Waals surface area contributed by atoms with Crippen molar-refractivity contribution in [3.63, 3.8) is 0 Å². The predicted molar refractivity (Wildman–Crippen MR) is 128 cm³/mol. The van der Waals surface area contributed by atoms with Gasteiger partial charge in [0.05, 0.1) is 15.9 Å². The Hall–Kier alpha value is -3.26. The van der Waals surface area contributed by atoms with Gasteiger partial charge in [-0.25, -0.2) is 19.7 Å². The van der Waals surface area contributed by atoms with Crippen LogP contribution in [0, 0.1) is 0 Å². The number of carbonyl (C=O) groups excluding carboxylic acids is 1. The molecule has 0 N–H and O–H groups in total. The normalized spacial score (nSPS) is 14.8. The van der Waals surface area contributed by atoms with Crippen molar-refractivity contribution in [2.24, 2.45) is 0 Å². The van der Waals surface area contributed by atoms with Crippen molar-refractivity contribution >= 4 is 43.7 Å². The van der Waals surface area contributed by atoms with E-state index in [1.54, 1.807) is 22.6 Å². The number of fused-ring (bicyclic) bond motifs is 3. The van der Waals surface area contributed by atoms with E-state index in [9.17, 15) is 4.79 Å². The molecule has 4 heterocycles. The molecule has 1 aromatic carbocycles. The van der Waals surface area contributed by atoms with Crippen molar-refractivity contribution in [3.8, 4) is 11.3 Å². The lowest BCUT2D eigenvalue weighted by molar-refractivity contribution is 0.0240. The molecule has 7 nitrogen and oxygen atoms in total. The van der Waals surface area contributed by atoms with E-state index in [0.29, 0.717) is 26.2 Å². The third-order valence-electron chi connectivity index (χ3n) is 5.40. The first kappa shape index (κ1) is 20.6. The van der Waals surface area contributed by atoms with Gasteiger partial charge in [-0.15, -0.1) is 11.3 Å². The minimum atomic E-state index is -0.490. The van der Waals surface area contributed by atoms with Crippen LogP contribution in [0.5, 0.6) is 0 Å². The second kappa shape index (κ2) is 8.02. The summed E-state index contributed by atoms with van der Waals surface area (Å²) in [5.41, 5.74) is 2.48. The third-order valence-corrected chi connectivity index (χ3v) is 6.48. The Morgan fingerprint density at radius 1 is 1.00 bits per heavy atom. The van der Waals surface area contributed by atoms with Crippen LogP contribution in [-0.4, -0.2) is 57.7 Å². The summed E-state index contributed by atoms with van der Waals surface area (Å²) >= 11 is 1.62. The number of nitrogens with zero attached hydrogens (tertiary/aromatic N) is 5. The Balaban J connectivity index is 1.42. The lowest BCUT2D eigenvalue weighted by Crippen LogP contribution is -2.50. The maximum atomic E-state index is 12.4. The first-order chi connectivity index (χ1) is 15.4. The van der Waals surface area contributed by atoms with Gasteiger partial charge in [0.2, 0.25) is 0 Å². The molecule has 0 saturated carbocycles. The molecule has 5 rings (SSSR count). The summed E-state index contributed by atoms with van der Waals surface area (Å²) in [6.07, 6.45) is 1.36. The molecule has 1 fully saturated rings. The van der Waals surface area contributed by atoms with Crippen LogP contribution in [0.4, 0.5) is 10.6 Å². The fraction of sp³-hybridized carbons (Fsp3) is 0.333. The Morgan fingerprint density at radius 2 is 1.75 bits per heavy atom. The van der Waals surface area contributed by atoms with E-state index in [1.807, 2.05) is 45.0 Å². The number of anilines is 1. The highest BCUT2D eigenvalue weighted by molar-refractivity contribution is 7.26. The van der Waals surface area contributed by atoms with Crippen molar-refractivity contribution in [1.82, 2.24) is 19.9 Å². The number of carbonyl (C=O) groups is 1. The molecule has 1 aliphatic heterocycles. The lowest BCUT2D eigenvalue weighted by atomic mass is 10.1. The Morgan fingerprint density at radius 3 is 2.47 bits per heavy atom. The van der Waals surface area contributed by atoms with Crippen LogP contribution < -0.4 is 4.90 Å². The zero-order valence-corrected chi connectivity index (χ0v) is 19.2. The van der Waals surface area contributed by atoms with Gasteiger partial charge in [0.25, 0.3) is 0 Å². The average molecular weight is 448 g/mol. The monoisotopic (exact) mass is 447 g/mol. The fourth-order valence-corrected chi connectivity index (χ4v) is 5.01. The van der Waals surface area contributed by atoms with Crippen molar-refractivity contribution in [2.75, 3.05) is 31.1 Å². The number of rotatable bonds is 2. The number of pyridine rings is 1. The molecule has 3 aromatic heterocycles. The predicted octanol–water partition coefficient (Wildman–Crippen LogP) is 4.96.